The molecule has 1 aliphatic carbocycles. The van der Waals surface area contributed by atoms with Crippen LogP contribution in [0.3, 0.4) is 0 Å². The number of nitrogens with zero attached hydrogens (tertiary/aromatic N) is 1. The summed E-state index contributed by atoms with van der Waals surface area (Å²) in [5, 5.41) is 0. The Hall–Kier alpha value is -0.120. The molecule has 1 heterocycles. The Balaban J connectivity index is 2.12. The normalized spacial score (nSPS) is 37.9. The average Bonchev–Trinajstić information content (AvgIpc) is 2.35. The highest BCUT2D eigenvalue weighted by atomic mass is 16.5. The number of hydrogen-bond donors (Lipinski definition) is 1. The Kier molecular flexibility index (Phi) is 5.38. The first kappa shape index (κ1) is 17.2. The molecule has 3 atom stereocenters. The lowest BCUT2D eigenvalue weighted by Crippen LogP contribution is -2.64. The van der Waals surface area contributed by atoms with E-state index >= 15 is 0 Å². The lowest BCUT2D eigenvalue weighted by atomic mass is 9.71. The maximum absolute atomic E-state index is 6.31. The van der Waals surface area contributed by atoms with E-state index in [1.807, 2.05) is 0 Å². The quantitative estimate of drug-likeness (QED) is 0.864. The van der Waals surface area contributed by atoms with Crippen LogP contribution < -0.4 is 5.73 Å². The summed E-state index contributed by atoms with van der Waals surface area (Å²) in [6, 6.07) is 0. The number of hydrogen-bond acceptors (Lipinski definition) is 3. The molecule has 0 aromatic rings. The predicted octanol–water partition coefficient (Wildman–Crippen LogP) is 3.42. The largest absolute Gasteiger partial charge is 0.370 e. The number of morpholine rings is 1. The molecule has 0 spiro atoms. The van der Waals surface area contributed by atoms with Gasteiger partial charge in [-0.1, -0.05) is 26.7 Å². The Morgan fingerprint density at radius 3 is 2.62 bits per heavy atom. The van der Waals surface area contributed by atoms with Gasteiger partial charge in [0.25, 0.3) is 0 Å². The highest BCUT2D eigenvalue weighted by Crippen LogP contribution is 2.41. The third-order valence-electron chi connectivity index (χ3n) is 5.35. The molecule has 0 amide bonds. The van der Waals surface area contributed by atoms with Crippen LogP contribution in [0.25, 0.3) is 0 Å². The summed E-state index contributed by atoms with van der Waals surface area (Å²) in [5.41, 5.74) is 6.48. The number of ether oxygens (including phenoxy) is 1. The van der Waals surface area contributed by atoms with Gasteiger partial charge in [0, 0.05) is 25.2 Å². The van der Waals surface area contributed by atoms with E-state index in [4.69, 9.17) is 10.5 Å². The Morgan fingerprint density at radius 2 is 2.05 bits per heavy atom. The van der Waals surface area contributed by atoms with Gasteiger partial charge in [-0.3, -0.25) is 4.90 Å². The molecule has 1 aliphatic heterocycles. The molecule has 2 N–H and O–H groups in total. The van der Waals surface area contributed by atoms with Gasteiger partial charge in [0.15, 0.2) is 0 Å². The molecule has 124 valence electrons. The van der Waals surface area contributed by atoms with Gasteiger partial charge in [-0.05, 0) is 51.9 Å². The highest BCUT2D eigenvalue weighted by Gasteiger charge is 2.45. The molecule has 2 rings (SSSR count). The zero-order chi connectivity index (χ0) is 15.7. The predicted molar refractivity (Wildman–Crippen MR) is 89.4 cm³/mol. The molecular weight excluding hydrogens is 260 g/mol. The molecule has 1 saturated carbocycles. The third-order valence-corrected chi connectivity index (χ3v) is 5.35. The van der Waals surface area contributed by atoms with Gasteiger partial charge in [-0.25, -0.2) is 0 Å². The second-order valence-corrected chi connectivity index (χ2v) is 8.59. The van der Waals surface area contributed by atoms with Crippen molar-refractivity contribution in [3.8, 4) is 0 Å². The molecule has 3 nitrogen and oxygen atoms in total. The first-order valence-electron chi connectivity index (χ1n) is 8.89. The molecule has 0 aromatic heterocycles. The lowest BCUT2D eigenvalue weighted by molar-refractivity contribution is -0.159. The Bertz CT molecular complexity index is 342. The zero-order valence-electron chi connectivity index (χ0n) is 14.8. The fourth-order valence-corrected chi connectivity index (χ4v) is 4.75. The maximum atomic E-state index is 6.31. The van der Waals surface area contributed by atoms with E-state index in [0.29, 0.717) is 6.10 Å². The van der Waals surface area contributed by atoms with Crippen LogP contribution in [0, 0.1) is 11.8 Å². The van der Waals surface area contributed by atoms with E-state index in [-0.39, 0.29) is 11.1 Å². The first-order valence-corrected chi connectivity index (χ1v) is 8.89. The van der Waals surface area contributed by atoms with Crippen molar-refractivity contribution in [2.75, 3.05) is 19.6 Å². The summed E-state index contributed by atoms with van der Waals surface area (Å²) in [7, 11) is 0. The fourth-order valence-electron chi connectivity index (χ4n) is 4.75. The maximum Gasteiger partial charge on any atom is 0.0757 e. The molecule has 3 unspecified atom stereocenters. The number of nitrogens with two attached hydrogens (primary N) is 1. The van der Waals surface area contributed by atoms with Crippen molar-refractivity contribution in [1.82, 2.24) is 4.90 Å². The topological polar surface area (TPSA) is 38.5 Å². The van der Waals surface area contributed by atoms with Crippen LogP contribution in [-0.2, 0) is 4.74 Å². The van der Waals surface area contributed by atoms with E-state index in [1.54, 1.807) is 0 Å². The zero-order valence-corrected chi connectivity index (χ0v) is 14.8. The van der Waals surface area contributed by atoms with Crippen molar-refractivity contribution >= 4 is 0 Å². The summed E-state index contributed by atoms with van der Waals surface area (Å²) < 4.78 is 6.09. The number of rotatable bonds is 4. The molecule has 0 radical (unpaired) electrons. The van der Waals surface area contributed by atoms with Crippen LogP contribution in [0.15, 0.2) is 0 Å². The highest BCUT2D eigenvalue weighted by molar-refractivity contribution is 5.00. The Labute approximate surface area is 131 Å². The van der Waals surface area contributed by atoms with Crippen LogP contribution in [0.2, 0.25) is 0 Å². The second-order valence-electron chi connectivity index (χ2n) is 8.59. The molecule has 0 aromatic carbocycles. The molecule has 2 fully saturated rings. The van der Waals surface area contributed by atoms with Gasteiger partial charge in [0.05, 0.1) is 11.7 Å². The van der Waals surface area contributed by atoms with Crippen molar-refractivity contribution in [1.29, 1.82) is 0 Å². The minimum atomic E-state index is -0.0508. The summed E-state index contributed by atoms with van der Waals surface area (Å²) in [5.74, 6) is 1.65. The SMILES string of the molecule is CC(C)CC1CCCC(CN)(N2CC(C)OC(C)(C)C2)C1. The Morgan fingerprint density at radius 1 is 1.33 bits per heavy atom. The molecule has 2 aliphatic rings. The molecular formula is C18H36N2O. The summed E-state index contributed by atoms with van der Waals surface area (Å²) in [6.07, 6.45) is 6.93. The average molecular weight is 296 g/mol. The lowest BCUT2D eigenvalue weighted by Gasteiger charge is -2.54. The van der Waals surface area contributed by atoms with Crippen LogP contribution in [0.5, 0.6) is 0 Å². The molecule has 3 heteroatoms. The summed E-state index contributed by atoms with van der Waals surface area (Å²) in [6.45, 7) is 14.2. The van der Waals surface area contributed by atoms with Crippen molar-refractivity contribution in [3.05, 3.63) is 0 Å². The molecule has 1 saturated heterocycles. The minimum Gasteiger partial charge on any atom is -0.370 e. The van der Waals surface area contributed by atoms with E-state index < -0.39 is 0 Å². The van der Waals surface area contributed by atoms with Crippen LogP contribution in [0.1, 0.15) is 66.7 Å². The summed E-state index contributed by atoms with van der Waals surface area (Å²) >= 11 is 0. The van der Waals surface area contributed by atoms with Gasteiger partial charge >= 0.3 is 0 Å². The second kappa shape index (κ2) is 6.55. The van der Waals surface area contributed by atoms with Crippen molar-refractivity contribution < 1.29 is 4.74 Å². The van der Waals surface area contributed by atoms with Gasteiger partial charge in [0.1, 0.15) is 0 Å². The van der Waals surface area contributed by atoms with Gasteiger partial charge < -0.3 is 10.5 Å². The molecule has 0 bridgehead atoms. The summed E-state index contributed by atoms with van der Waals surface area (Å²) in [4.78, 5) is 2.67. The van der Waals surface area contributed by atoms with Gasteiger partial charge in [0.2, 0.25) is 0 Å². The van der Waals surface area contributed by atoms with Crippen LogP contribution in [-0.4, -0.2) is 41.8 Å². The van der Waals surface area contributed by atoms with Crippen molar-refractivity contribution in [2.45, 2.75) is 84.0 Å². The van der Waals surface area contributed by atoms with Crippen LogP contribution in [0.4, 0.5) is 0 Å². The smallest absolute Gasteiger partial charge is 0.0757 e. The standard InChI is InChI=1S/C18H36N2O/c1-14(2)9-16-7-6-8-18(10-16,12-19)20-11-15(3)21-17(4,5)13-20/h14-16H,6-13,19H2,1-5H3. The van der Waals surface area contributed by atoms with Gasteiger partial charge in [-0.15, -0.1) is 0 Å². The van der Waals surface area contributed by atoms with E-state index in [1.165, 1.54) is 32.1 Å². The minimum absolute atomic E-state index is 0.0508. The van der Waals surface area contributed by atoms with Crippen molar-refractivity contribution in [3.63, 3.8) is 0 Å². The first-order chi connectivity index (χ1) is 9.76. The monoisotopic (exact) mass is 296 g/mol. The van der Waals surface area contributed by atoms with E-state index in [9.17, 15) is 0 Å². The van der Waals surface area contributed by atoms with E-state index in [2.05, 4.69) is 39.5 Å². The van der Waals surface area contributed by atoms with Gasteiger partial charge in [-0.2, -0.15) is 0 Å². The van der Waals surface area contributed by atoms with E-state index in [0.717, 1.165) is 31.5 Å². The van der Waals surface area contributed by atoms with Crippen molar-refractivity contribution in [2.24, 2.45) is 17.6 Å². The fraction of sp³-hybridized carbons (Fsp3) is 1.00. The van der Waals surface area contributed by atoms with Crippen LogP contribution >= 0.6 is 0 Å². The third kappa shape index (κ3) is 4.20. The molecule has 21 heavy (non-hydrogen) atoms.